The number of halogens is 2. The van der Waals surface area contributed by atoms with Gasteiger partial charge in [0.1, 0.15) is 34.9 Å². The highest BCUT2D eigenvalue weighted by atomic mass is 79.9. The number of nitrogens with one attached hydrogen (secondary N) is 1. The van der Waals surface area contributed by atoms with Gasteiger partial charge in [-0.05, 0) is 276 Å². The van der Waals surface area contributed by atoms with Crippen molar-refractivity contribution in [3.8, 4) is 44.5 Å². The summed E-state index contributed by atoms with van der Waals surface area (Å²) >= 11 is 7.52. The van der Waals surface area contributed by atoms with E-state index in [1.54, 1.807) is 12.4 Å². The molecular formula is C98H65Br2N9. The number of rotatable bonds is 12. The lowest BCUT2D eigenvalue weighted by molar-refractivity contribution is 1.13. The molecule has 20 rings (SSSR count). The third-order valence-corrected chi connectivity index (χ3v) is 20.9. The van der Waals surface area contributed by atoms with Crippen LogP contribution in [-0.2, 0) is 0 Å². The van der Waals surface area contributed by atoms with Gasteiger partial charge in [-0.25, -0.2) is 29.9 Å². The third-order valence-electron chi connectivity index (χ3n) is 19.9. The summed E-state index contributed by atoms with van der Waals surface area (Å²) in [5.41, 5.74) is 11.5. The molecular weight excluding hydrogens is 1460 g/mol. The Labute approximate surface area is 647 Å². The summed E-state index contributed by atoms with van der Waals surface area (Å²) in [6.07, 6.45) is 10.8. The van der Waals surface area contributed by atoms with E-state index in [0.29, 0.717) is 0 Å². The molecule has 0 atom stereocenters. The maximum atomic E-state index is 4.82. The largest absolute Gasteiger partial charge is 0.325 e. The molecule has 0 spiro atoms. The monoisotopic (exact) mass is 1530 g/mol. The molecule has 0 amide bonds. The number of aromatic nitrogens is 6. The van der Waals surface area contributed by atoms with Crippen molar-refractivity contribution < 1.29 is 0 Å². The topological polar surface area (TPSA) is 95.9 Å². The van der Waals surface area contributed by atoms with Gasteiger partial charge in [-0.3, -0.25) is 9.80 Å². The highest BCUT2D eigenvalue weighted by molar-refractivity contribution is 9.10. The summed E-state index contributed by atoms with van der Waals surface area (Å²) in [4.78, 5) is 31.8. The first-order valence-corrected chi connectivity index (χ1v) is 37.6. The lowest BCUT2D eigenvalue weighted by atomic mass is 9.84. The van der Waals surface area contributed by atoms with Crippen LogP contribution in [-0.4, -0.2) is 29.9 Å². The van der Waals surface area contributed by atoms with E-state index < -0.39 is 0 Å². The van der Waals surface area contributed by atoms with Gasteiger partial charge in [0.15, 0.2) is 0 Å². The maximum Gasteiger partial charge on any atom is 0.138 e. The van der Waals surface area contributed by atoms with Crippen LogP contribution in [0.5, 0.6) is 0 Å². The van der Waals surface area contributed by atoms with Gasteiger partial charge in [-0.2, -0.15) is 0 Å². The summed E-state index contributed by atoms with van der Waals surface area (Å²) in [7, 11) is 0. The zero-order valence-electron chi connectivity index (χ0n) is 58.8. The quantitative estimate of drug-likeness (QED) is 0.120. The molecule has 14 aromatic carbocycles. The van der Waals surface area contributed by atoms with Crippen molar-refractivity contribution in [2.75, 3.05) is 15.1 Å². The van der Waals surface area contributed by atoms with Gasteiger partial charge >= 0.3 is 0 Å². The number of nitrogens with zero attached hydrogens (tertiary/aromatic N) is 8. The standard InChI is InChI=1S/C54H36N6.C34H20Br2.C10H9N3/c1-3-15-39-33-41(23-21-37(39)13-1)53-45-27-25-44(60(51-19-7-11-31-57-51)52-20-8-12-32-58-52)36-48(45)54(42-24-22-38-14-2-4-16-40(38)34-42)46-28-26-43(35-47(46)53)59(49-17-5-9-29-55-49)50-18-6-10-30-56-50;35-27-14-16-30-31(19-27)33(25-11-9-21-5-1-3-7-23(21)17-25)29-15-13-28(36)20-32(29)34(30)26-12-10-22-6-2-4-8-24(22)18-26;1-3-7-11-9(5-1)13-10-6-2-4-8-12-10/h1-36H;1-20H;1-8H,(H,11,12,13). The van der Waals surface area contributed by atoms with E-state index in [2.05, 4.69) is 300 Å². The molecule has 0 aliphatic carbocycles. The number of anilines is 8. The van der Waals surface area contributed by atoms with Crippen LogP contribution in [0.1, 0.15) is 0 Å². The summed E-state index contributed by atoms with van der Waals surface area (Å²) in [5, 5.41) is 22.4. The molecule has 0 bridgehead atoms. The van der Waals surface area contributed by atoms with Crippen LogP contribution in [0.3, 0.4) is 0 Å². The van der Waals surface area contributed by atoms with Gasteiger partial charge in [0, 0.05) is 57.5 Å². The van der Waals surface area contributed by atoms with Crippen LogP contribution < -0.4 is 15.1 Å². The number of hydrogen-bond acceptors (Lipinski definition) is 9. The van der Waals surface area contributed by atoms with E-state index >= 15 is 0 Å². The second-order valence-electron chi connectivity index (χ2n) is 26.6. The summed E-state index contributed by atoms with van der Waals surface area (Å²) in [6.45, 7) is 0. The van der Waals surface area contributed by atoms with Gasteiger partial charge in [0.05, 0.1) is 0 Å². The molecule has 516 valence electrons. The lowest BCUT2D eigenvalue weighted by Gasteiger charge is -2.26. The van der Waals surface area contributed by atoms with E-state index in [9.17, 15) is 0 Å². The third kappa shape index (κ3) is 13.7. The van der Waals surface area contributed by atoms with Crippen LogP contribution in [0.2, 0.25) is 0 Å². The molecule has 0 unspecified atom stereocenters. The summed E-state index contributed by atoms with van der Waals surface area (Å²) in [5.74, 6) is 4.75. The second-order valence-corrected chi connectivity index (χ2v) is 28.4. The van der Waals surface area contributed by atoms with Crippen molar-refractivity contribution in [1.82, 2.24) is 29.9 Å². The van der Waals surface area contributed by atoms with E-state index in [0.717, 1.165) is 99.0 Å². The predicted octanol–water partition coefficient (Wildman–Crippen LogP) is 27.5. The fourth-order valence-corrected chi connectivity index (χ4v) is 15.7. The summed E-state index contributed by atoms with van der Waals surface area (Å²) < 4.78 is 2.16. The average Bonchev–Trinajstić information content (AvgIpc) is 0.732. The van der Waals surface area contributed by atoms with Crippen molar-refractivity contribution in [2.45, 2.75) is 0 Å². The molecule has 0 aliphatic heterocycles. The SMILES string of the molecule is Brc1ccc2c(-c3ccc4ccccc4c3)c3cc(Br)ccc3c(-c3ccc4ccccc4c3)c2c1.c1ccc(N(c2ccc3c(-c4ccc5ccccc5c4)c4cc(N(c5ccccn5)c5ccccn5)ccc4c(-c4ccc5ccccc5c4)c3c2)c2ccccn2)nc1.c1ccc(Nc2ccccn2)nc1. The first-order valence-electron chi connectivity index (χ1n) is 36.1. The Morgan fingerprint density at radius 1 is 0.202 bits per heavy atom. The molecule has 109 heavy (non-hydrogen) atoms. The molecule has 0 fully saturated rings. The average molecular weight is 1530 g/mol. The Morgan fingerprint density at radius 2 is 0.459 bits per heavy atom. The molecule has 0 saturated carbocycles. The molecule has 0 radical (unpaired) electrons. The van der Waals surface area contributed by atoms with Gasteiger partial charge in [-0.1, -0.05) is 238 Å². The van der Waals surface area contributed by atoms with Crippen molar-refractivity contribution in [1.29, 1.82) is 0 Å². The highest BCUT2D eigenvalue weighted by Crippen LogP contribution is 2.50. The molecule has 1 N–H and O–H groups in total. The van der Waals surface area contributed by atoms with Gasteiger partial charge in [0.25, 0.3) is 0 Å². The molecule has 0 aliphatic rings. The van der Waals surface area contributed by atoms with Crippen LogP contribution in [0.25, 0.3) is 131 Å². The molecule has 6 aromatic heterocycles. The molecule has 11 heteroatoms. The Morgan fingerprint density at radius 3 is 0.734 bits per heavy atom. The normalized spacial score (nSPS) is 11.2. The molecule has 0 saturated heterocycles. The Balaban J connectivity index is 0.000000143. The molecule has 6 heterocycles. The Bertz CT molecular complexity index is 6250. The van der Waals surface area contributed by atoms with E-state index in [4.69, 9.17) is 19.9 Å². The smallest absolute Gasteiger partial charge is 0.138 e. The first-order chi connectivity index (χ1) is 53.9. The Hall–Kier alpha value is -13.6. The van der Waals surface area contributed by atoms with Gasteiger partial charge < -0.3 is 5.32 Å². The predicted molar refractivity (Wildman–Crippen MR) is 462 cm³/mol. The van der Waals surface area contributed by atoms with Crippen molar-refractivity contribution >= 4 is 164 Å². The van der Waals surface area contributed by atoms with Crippen molar-refractivity contribution in [3.05, 3.63) is 398 Å². The maximum absolute atomic E-state index is 4.82. The van der Waals surface area contributed by atoms with E-state index in [-0.39, 0.29) is 0 Å². The number of pyridine rings is 6. The minimum absolute atomic E-state index is 0.784. The summed E-state index contributed by atoms with van der Waals surface area (Å²) in [6, 6.07) is 124. The van der Waals surface area contributed by atoms with Crippen LogP contribution in [0.4, 0.5) is 46.3 Å². The van der Waals surface area contributed by atoms with Gasteiger partial charge in [-0.15, -0.1) is 0 Å². The van der Waals surface area contributed by atoms with E-state index in [1.165, 1.54) is 86.9 Å². The fourth-order valence-electron chi connectivity index (χ4n) is 15.0. The number of hydrogen-bond donors (Lipinski definition) is 1. The van der Waals surface area contributed by atoms with Crippen LogP contribution in [0.15, 0.2) is 398 Å². The molecule has 9 nitrogen and oxygen atoms in total. The zero-order valence-corrected chi connectivity index (χ0v) is 62.0. The van der Waals surface area contributed by atoms with Gasteiger partial charge in [0.2, 0.25) is 0 Å². The van der Waals surface area contributed by atoms with Crippen molar-refractivity contribution in [3.63, 3.8) is 0 Å². The minimum Gasteiger partial charge on any atom is -0.325 e. The van der Waals surface area contributed by atoms with E-state index in [1.807, 2.05) is 134 Å². The zero-order chi connectivity index (χ0) is 73.0. The number of fused-ring (bicyclic) bond motifs is 8. The minimum atomic E-state index is 0.784. The second kappa shape index (κ2) is 30.1. The lowest BCUT2D eigenvalue weighted by Crippen LogP contribution is -2.13. The Kier molecular flexibility index (Phi) is 18.6. The fraction of sp³-hybridized carbons (Fsp3) is 0. The number of benzene rings is 14. The van der Waals surface area contributed by atoms with Crippen molar-refractivity contribution in [2.24, 2.45) is 0 Å². The molecule has 20 aromatic rings. The first kappa shape index (κ1) is 67.3. The van der Waals surface area contributed by atoms with Crippen LogP contribution in [0, 0.1) is 0 Å². The highest BCUT2D eigenvalue weighted by Gasteiger charge is 2.25. The van der Waals surface area contributed by atoms with Crippen LogP contribution >= 0.6 is 31.9 Å².